The molecule has 7 nitrogen and oxygen atoms in total. The Hall–Kier alpha value is -3.89. The molecule has 39 heavy (non-hydrogen) atoms. The van der Waals surface area contributed by atoms with Crippen molar-refractivity contribution in [1.29, 1.82) is 0 Å². The molecule has 3 aromatic carbocycles. The van der Waals surface area contributed by atoms with Crippen molar-refractivity contribution < 1.29 is 22.0 Å². The summed E-state index contributed by atoms with van der Waals surface area (Å²) in [6.45, 7) is 5.30. The number of para-hydroxylation sites is 1. The number of hydrogen-bond acceptors (Lipinski definition) is 5. The normalized spacial score (nSPS) is 17.2. The topological polar surface area (TPSA) is 82.6 Å². The number of pyridine rings is 1. The van der Waals surface area contributed by atoms with Crippen molar-refractivity contribution in [1.82, 2.24) is 14.8 Å². The van der Waals surface area contributed by atoms with E-state index < -0.39 is 21.7 Å². The molecule has 1 unspecified atom stereocenters. The number of rotatable bonds is 6. The van der Waals surface area contributed by atoms with Crippen molar-refractivity contribution in [2.24, 2.45) is 0 Å². The molecule has 1 aliphatic heterocycles. The average Bonchev–Trinajstić information content (AvgIpc) is 2.92. The van der Waals surface area contributed by atoms with Crippen LogP contribution in [0.5, 0.6) is 0 Å². The van der Waals surface area contributed by atoms with E-state index in [4.69, 9.17) is 0 Å². The summed E-state index contributed by atoms with van der Waals surface area (Å²) < 4.78 is 56.4. The molecule has 2 heterocycles. The lowest BCUT2D eigenvalue weighted by Gasteiger charge is -2.42. The Bertz CT molecular complexity index is 1620. The highest BCUT2D eigenvalue weighted by Crippen LogP contribution is 2.27. The number of sulfonamides is 1. The maximum atomic E-state index is 14.3. The molecule has 0 saturated carbocycles. The number of hydrogen-bond donors (Lipinski definition) is 1. The van der Waals surface area contributed by atoms with Crippen LogP contribution in [0.3, 0.4) is 0 Å². The standard InChI is InChI=1S/C29H28F2N4O3S/c1-19-18-34(20(2)25-13-10-23(30)17-26(25)31)15-16-35(19)29(36)22-8-11-24(12-9-22)33-39(37,38)27-7-3-5-21-6-4-14-32-28(21)27/h3-14,17,19-20,33H,15-16,18H2,1-2H3/t19-,20?/m0/s1. The molecule has 0 bridgehead atoms. The van der Waals surface area contributed by atoms with Crippen LogP contribution in [0.4, 0.5) is 14.5 Å². The van der Waals surface area contributed by atoms with Gasteiger partial charge < -0.3 is 4.90 Å². The van der Waals surface area contributed by atoms with E-state index in [9.17, 15) is 22.0 Å². The molecule has 5 rings (SSSR count). The van der Waals surface area contributed by atoms with Gasteiger partial charge in [0.1, 0.15) is 16.5 Å². The molecule has 202 valence electrons. The van der Waals surface area contributed by atoms with Gasteiger partial charge >= 0.3 is 0 Å². The average molecular weight is 551 g/mol. The third-order valence-corrected chi connectivity index (χ3v) is 8.56. The minimum absolute atomic E-state index is 0.0715. The van der Waals surface area contributed by atoms with Gasteiger partial charge in [-0.25, -0.2) is 17.2 Å². The van der Waals surface area contributed by atoms with Crippen molar-refractivity contribution in [3.63, 3.8) is 0 Å². The molecule has 0 radical (unpaired) electrons. The first-order valence-electron chi connectivity index (χ1n) is 12.6. The quantitative estimate of drug-likeness (QED) is 0.356. The van der Waals surface area contributed by atoms with E-state index >= 15 is 0 Å². The van der Waals surface area contributed by atoms with Crippen molar-refractivity contribution in [2.75, 3.05) is 24.4 Å². The number of aromatic nitrogens is 1. The lowest BCUT2D eigenvalue weighted by atomic mass is 10.0. The first kappa shape index (κ1) is 26.7. The number of fused-ring (bicyclic) bond motifs is 1. The van der Waals surface area contributed by atoms with Gasteiger partial charge in [-0.1, -0.05) is 24.3 Å². The molecular weight excluding hydrogens is 522 g/mol. The molecule has 0 aliphatic carbocycles. The van der Waals surface area contributed by atoms with Crippen LogP contribution in [0, 0.1) is 11.6 Å². The predicted octanol–water partition coefficient (Wildman–Crippen LogP) is 5.22. The van der Waals surface area contributed by atoms with Gasteiger partial charge in [0.05, 0.1) is 5.52 Å². The third kappa shape index (κ3) is 5.48. The molecule has 1 N–H and O–H groups in total. The van der Waals surface area contributed by atoms with Crippen LogP contribution in [0.1, 0.15) is 35.8 Å². The van der Waals surface area contributed by atoms with E-state index in [1.54, 1.807) is 59.6 Å². The fraction of sp³-hybridized carbons (Fsp3) is 0.241. The van der Waals surface area contributed by atoms with E-state index in [2.05, 4.69) is 14.6 Å². The van der Waals surface area contributed by atoms with Crippen molar-refractivity contribution in [3.05, 3.63) is 102 Å². The van der Waals surface area contributed by atoms with Gasteiger partial charge in [-0.3, -0.25) is 19.4 Å². The smallest absolute Gasteiger partial charge is 0.264 e. The molecule has 1 aromatic heterocycles. The molecule has 10 heteroatoms. The number of anilines is 1. The third-order valence-electron chi connectivity index (χ3n) is 7.15. The predicted molar refractivity (Wildman–Crippen MR) is 146 cm³/mol. The maximum absolute atomic E-state index is 14.3. The monoisotopic (exact) mass is 550 g/mol. The van der Waals surface area contributed by atoms with Gasteiger partial charge in [0.15, 0.2) is 0 Å². The summed E-state index contributed by atoms with van der Waals surface area (Å²) in [5.41, 5.74) is 1.56. The first-order chi connectivity index (χ1) is 18.6. The number of nitrogens with zero attached hydrogens (tertiary/aromatic N) is 3. The van der Waals surface area contributed by atoms with Crippen LogP contribution in [0.15, 0.2) is 83.9 Å². The Morgan fingerprint density at radius 3 is 2.49 bits per heavy atom. The number of amides is 1. The Kier molecular flexibility index (Phi) is 7.33. The van der Waals surface area contributed by atoms with Gasteiger partial charge in [-0.15, -0.1) is 0 Å². The van der Waals surface area contributed by atoms with Gasteiger partial charge in [-0.05, 0) is 56.3 Å². The molecule has 4 aromatic rings. The molecule has 0 spiro atoms. The SMILES string of the molecule is CC(c1ccc(F)cc1F)N1CCN(C(=O)c2ccc(NS(=O)(=O)c3cccc4cccnc34)cc2)[C@@H](C)C1. The lowest BCUT2D eigenvalue weighted by molar-refractivity contribution is 0.0402. The molecule has 1 aliphatic rings. The second kappa shape index (κ2) is 10.7. The second-order valence-electron chi connectivity index (χ2n) is 9.70. The van der Waals surface area contributed by atoms with E-state index in [1.165, 1.54) is 18.2 Å². The number of piperazine rings is 1. The minimum atomic E-state index is -3.91. The fourth-order valence-corrected chi connectivity index (χ4v) is 6.27. The van der Waals surface area contributed by atoms with E-state index in [1.807, 2.05) is 13.8 Å². The summed E-state index contributed by atoms with van der Waals surface area (Å²) in [4.78, 5) is 21.4. The summed E-state index contributed by atoms with van der Waals surface area (Å²) >= 11 is 0. The Morgan fingerprint density at radius 2 is 1.77 bits per heavy atom. The van der Waals surface area contributed by atoms with Gasteiger partial charge in [0.25, 0.3) is 15.9 Å². The molecule has 1 saturated heterocycles. The number of halogens is 2. The van der Waals surface area contributed by atoms with Crippen LogP contribution < -0.4 is 4.72 Å². The summed E-state index contributed by atoms with van der Waals surface area (Å²) in [5, 5.41) is 0.715. The lowest BCUT2D eigenvalue weighted by Crippen LogP contribution is -2.54. The van der Waals surface area contributed by atoms with Gasteiger partial charge in [0.2, 0.25) is 0 Å². The number of nitrogens with one attached hydrogen (secondary N) is 1. The van der Waals surface area contributed by atoms with Gasteiger partial charge in [0, 0.05) is 66.2 Å². The summed E-state index contributed by atoms with van der Waals surface area (Å²) in [7, 11) is -3.91. The van der Waals surface area contributed by atoms with Crippen molar-refractivity contribution in [2.45, 2.75) is 30.8 Å². The van der Waals surface area contributed by atoms with Crippen LogP contribution >= 0.6 is 0 Å². The van der Waals surface area contributed by atoms with E-state index in [-0.39, 0.29) is 22.9 Å². The summed E-state index contributed by atoms with van der Waals surface area (Å²) in [6.07, 6.45) is 1.55. The van der Waals surface area contributed by atoms with Crippen LogP contribution in [-0.2, 0) is 10.0 Å². The van der Waals surface area contributed by atoms with Crippen LogP contribution in [-0.4, -0.2) is 54.8 Å². The van der Waals surface area contributed by atoms with Crippen molar-refractivity contribution in [3.8, 4) is 0 Å². The van der Waals surface area contributed by atoms with Gasteiger partial charge in [-0.2, -0.15) is 0 Å². The zero-order chi connectivity index (χ0) is 27.7. The highest BCUT2D eigenvalue weighted by molar-refractivity contribution is 7.93. The van der Waals surface area contributed by atoms with Crippen LogP contribution in [0.25, 0.3) is 10.9 Å². The summed E-state index contributed by atoms with van der Waals surface area (Å²) in [5.74, 6) is -1.37. The Balaban J connectivity index is 1.26. The molecule has 1 fully saturated rings. The zero-order valence-corrected chi connectivity index (χ0v) is 22.3. The maximum Gasteiger partial charge on any atom is 0.264 e. The minimum Gasteiger partial charge on any atom is -0.333 e. The highest BCUT2D eigenvalue weighted by Gasteiger charge is 2.31. The first-order valence-corrected chi connectivity index (χ1v) is 14.1. The summed E-state index contributed by atoms with van der Waals surface area (Å²) in [6, 6.07) is 18.0. The molecule has 2 atom stereocenters. The largest absolute Gasteiger partial charge is 0.333 e. The molecular formula is C29H28F2N4O3S. The van der Waals surface area contributed by atoms with Crippen molar-refractivity contribution >= 4 is 32.5 Å². The molecule has 1 amide bonds. The Labute approximate surface area is 226 Å². The number of benzene rings is 3. The highest BCUT2D eigenvalue weighted by atomic mass is 32.2. The second-order valence-corrected chi connectivity index (χ2v) is 11.3. The Morgan fingerprint density at radius 1 is 1.03 bits per heavy atom. The van der Waals surface area contributed by atoms with E-state index in [0.29, 0.717) is 47.4 Å². The fourth-order valence-electron chi connectivity index (χ4n) is 5.03. The van der Waals surface area contributed by atoms with E-state index in [0.717, 1.165) is 6.07 Å². The number of carbonyl (C=O) groups is 1. The zero-order valence-electron chi connectivity index (χ0n) is 21.5. The van der Waals surface area contributed by atoms with Crippen LogP contribution in [0.2, 0.25) is 0 Å². The number of carbonyl (C=O) groups excluding carboxylic acids is 1.